The Morgan fingerprint density at radius 1 is 1.06 bits per heavy atom. The number of fused-ring (bicyclic) bond motifs is 1. The molecule has 9 heteroatoms. The molecule has 4 aromatic rings. The smallest absolute Gasteiger partial charge is 0.332 e. The summed E-state index contributed by atoms with van der Waals surface area (Å²) in [6.45, 7) is 0.701. The van der Waals surface area contributed by atoms with Gasteiger partial charge in [-0.15, -0.1) is 0 Å². The Morgan fingerprint density at radius 2 is 1.90 bits per heavy atom. The van der Waals surface area contributed by atoms with Gasteiger partial charge in [0.15, 0.2) is 0 Å². The Kier molecular flexibility index (Phi) is 5.50. The van der Waals surface area contributed by atoms with Crippen LogP contribution in [0.1, 0.15) is 21.8 Å². The Hall–Kier alpha value is -3.98. The first-order valence-corrected chi connectivity index (χ1v) is 9.51. The van der Waals surface area contributed by atoms with Crippen molar-refractivity contribution >= 4 is 22.6 Å². The summed E-state index contributed by atoms with van der Waals surface area (Å²) in [4.78, 5) is 41.3. The molecule has 1 aromatic carbocycles. The molecule has 4 rings (SSSR count). The third-order valence-electron chi connectivity index (χ3n) is 4.81. The van der Waals surface area contributed by atoms with Crippen LogP contribution < -0.4 is 16.6 Å². The van der Waals surface area contributed by atoms with Gasteiger partial charge in [-0.25, -0.2) is 9.78 Å². The minimum absolute atomic E-state index is 0.0928. The average molecular weight is 420 g/mol. The molecule has 0 aliphatic rings. The number of rotatable bonds is 6. The van der Waals surface area contributed by atoms with Crippen molar-refractivity contribution in [3.63, 3.8) is 0 Å². The van der Waals surface area contributed by atoms with Gasteiger partial charge in [0.2, 0.25) is 0 Å². The van der Waals surface area contributed by atoms with Crippen molar-refractivity contribution in [2.45, 2.75) is 13.2 Å². The van der Waals surface area contributed by atoms with Crippen molar-refractivity contribution in [3.05, 3.63) is 92.6 Å². The number of nitrogens with one attached hydrogen (secondary N) is 1. The summed E-state index contributed by atoms with van der Waals surface area (Å²) in [6, 6.07) is 13.8. The van der Waals surface area contributed by atoms with Crippen molar-refractivity contribution < 1.29 is 13.9 Å². The number of anilines is 1. The maximum absolute atomic E-state index is 12.7. The summed E-state index contributed by atoms with van der Waals surface area (Å²) in [6.07, 6.45) is 1.59. The van der Waals surface area contributed by atoms with Gasteiger partial charge in [0.05, 0.1) is 18.3 Å². The van der Waals surface area contributed by atoms with Crippen LogP contribution in [0.3, 0.4) is 0 Å². The van der Waals surface area contributed by atoms with Crippen LogP contribution in [0.15, 0.2) is 68.8 Å². The molecule has 0 aliphatic carbocycles. The van der Waals surface area contributed by atoms with E-state index in [-0.39, 0.29) is 16.7 Å². The highest BCUT2D eigenvalue weighted by atomic mass is 16.5. The predicted octanol–water partition coefficient (Wildman–Crippen LogP) is 2.19. The number of aromatic nitrogens is 3. The monoisotopic (exact) mass is 420 g/mol. The van der Waals surface area contributed by atoms with E-state index in [1.54, 1.807) is 24.5 Å². The van der Waals surface area contributed by atoms with E-state index in [2.05, 4.69) is 10.3 Å². The zero-order valence-corrected chi connectivity index (χ0v) is 17.0. The Labute approximate surface area is 176 Å². The number of nitrogens with zero attached hydrogens (tertiary/aromatic N) is 3. The minimum atomic E-state index is -0.509. The highest BCUT2D eigenvalue weighted by Crippen LogP contribution is 2.15. The lowest BCUT2D eigenvalue weighted by molar-refractivity contribution is 0.0929. The van der Waals surface area contributed by atoms with Crippen LogP contribution in [0, 0.1) is 0 Å². The van der Waals surface area contributed by atoms with Crippen molar-refractivity contribution in [1.82, 2.24) is 14.1 Å². The van der Waals surface area contributed by atoms with Gasteiger partial charge in [-0.1, -0.05) is 12.1 Å². The molecule has 0 fully saturated rings. The molecule has 31 heavy (non-hydrogen) atoms. The topological polar surface area (TPSA) is 108 Å². The summed E-state index contributed by atoms with van der Waals surface area (Å²) in [5, 5.41) is 3.04. The molecule has 0 atom stereocenters. The number of furan rings is 1. The molecule has 0 unspecified atom stereocenters. The van der Waals surface area contributed by atoms with Crippen molar-refractivity contribution in [2.24, 2.45) is 14.1 Å². The van der Waals surface area contributed by atoms with Gasteiger partial charge in [0.1, 0.15) is 23.7 Å². The third kappa shape index (κ3) is 4.17. The first-order chi connectivity index (χ1) is 14.9. The van der Waals surface area contributed by atoms with Gasteiger partial charge in [0.25, 0.3) is 11.5 Å². The van der Waals surface area contributed by atoms with Crippen molar-refractivity contribution in [3.8, 4) is 0 Å². The highest BCUT2D eigenvalue weighted by Gasteiger charge is 2.14. The van der Waals surface area contributed by atoms with Crippen molar-refractivity contribution in [1.29, 1.82) is 0 Å². The van der Waals surface area contributed by atoms with Gasteiger partial charge < -0.3 is 14.5 Å². The third-order valence-corrected chi connectivity index (χ3v) is 4.81. The van der Waals surface area contributed by atoms with E-state index >= 15 is 0 Å². The van der Waals surface area contributed by atoms with Crippen LogP contribution in [0.5, 0.6) is 0 Å². The predicted molar refractivity (Wildman–Crippen MR) is 114 cm³/mol. The van der Waals surface area contributed by atoms with E-state index in [1.807, 2.05) is 18.2 Å². The number of carbonyl (C=O) groups is 1. The van der Waals surface area contributed by atoms with Crippen molar-refractivity contribution in [2.75, 3.05) is 5.32 Å². The first kappa shape index (κ1) is 20.3. The molecule has 0 spiro atoms. The second-order valence-corrected chi connectivity index (χ2v) is 7.00. The quantitative estimate of drug-likeness (QED) is 0.512. The molecule has 3 heterocycles. The summed E-state index contributed by atoms with van der Waals surface area (Å²) in [5.41, 5.74) is 0.728. The number of amides is 1. The molecule has 1 N–H and O–H groups in total. The maximum Gasteiger partial charge on any atom is 0.332 e. The Bertz CT molecular complexity index is 1370. The normalized spacial score (nSPS) is 11.0. The fraction of sp³-hybridized carbons (Fsp3) is 0.182. The number of hydrogen-bond acceptors (Lipinski definition) is 6. The summed E-state index contributed by atoms with van der Waals surface area (Å²) in [5.74, 6) is 0.278. The lowest BCUT2D eigenvalue weighted by Gasteiger charge is -2.10. The van der Waals surface area contributed by atoms with Crippen LogP contribution in [0.2, 0.25) is 0 Å². The fourth-order valence-corrected chi connectivity index (χ4v) is 3.18. The lowest BCUT2D eigenvalue weighted by atomic mass is 10.2. The number of pyridine rings is 1. The molecule has 158 valence electrons. The number of aryl methyl sites for hydroxylation is 1. The van der Waals surface area contributed by atoms with Crippen LogP contribution in [-0.2, 0) is 32.0 Å². The molecule has 3 aromatic heterocycles. The first-order valence-electron chi connectivity index (χ1n) is 9.51. The average Bonchev–Trinajstić information content (AvgIpc) is 3.29. The molecule has 0 radical (unpaired) electrons. The van der Waals surface area contributed by atoms with Crippen LogP contribution >= 0.6 is 0 Å². The molecule has 9 nitrogen and oxygen atoms in total. The summed E-state index contributed by atoms with van der Waals surface area (Å²) >= 11 is 0. The fourth-order valence-electron chi connectivity index (χ4n) is 3.18. The van der Waals surface area contributed by atoms with Crippen LogP contribution in [-0.4, -0.2) is 20.0 Å². The van der Waals surface area contributed by atoms with Gasteiger partial charge in [-0.2, -0.15) is 0 Å². The maximum atomic E-state index is 12.7. The Morgan fingerprint density at radius 3 is 2.68 bits per heavy atom. The lowest BCUT2D eigenvalue weighted by Crippen LogP contribution is -2.37. The van der Waals surface area contributed by atoms with Gasteiger partial charge >= 0.3 is 5.69 Å². The zero-order chi connectivity index (χ0) is 22.0. The molecule has 1 amide bonds. The van der Waals surface area contributed by atoms with Gasteiger partial charge in [0, 0.05) is 19.8 Å². The second kappa shape index (κ2) is 8.41. The molecule has 0 aliphatic heterocycles. The molecule has 0 bridgehead atoms. The van der Waals surface area contributed by atoms with E-state index in [1.165, 1.54) is 30.8 Å². The van der Waals surface area contributed by atoms with E-state index in [9.17, 15) is 14.4 Å². The molecule has 0 saturated heterocycles. The van der Waals surface area contributed by atoms with Gasteiger partial charge in [-0.05, 0) is 42.0 Å². The number of benzene rings is 1. The highest BCUT2D eigenvalue weighted by molar-refractivity contribution is 6.03. The number of carbonyl (C=O) groups excluding carboxylic acids is 1. The number of ether oxygens (including phenoxy) is 1. The van der Waals surface area contributed by atoms with E-state index < -0.39 is 17.2 Å². The summed E-state index contributed by atoms with van der Waals surface area (Å²) < 4.78 is 13.1. The second-order valence-electron chi connectivity index (χ2n) is 7.00. The van der Waals surface area contributed by atoms with Crippen LogP contribution in [0.4, 0.5) is 5.69 Å². The molecular weight excluding hydrogens is 400 g/mol. The summed E-state index contributed by atoms with van der Waals surface area (Å²) in [7, 11) is 2.90. The largest absolute Gasteiger partial charge is 0.467 e. The van der Waals surface area contributed by atoms with Crippen LogP contribution in [0.25, 0.3) is 11.0 Å². The minimum Gasteiger partial charge on any atom is -0.467 e. The van der Waals surface area contributed by atoms with E-state index in [0.717, 1.165) is 15.9 Å². The van der Waals surface area contributed by atoms with Gasteiger partial charge in [-0.3, -0.25) is 18.7 Å². The van der Waals surface area contributed by atoms with E-state index in [0.29, 0.717) is 18.9 Å². The zero-order valence-electron chi connectivity index (χ0n) is 17.0. The van der Waals surface area contributed by atoms with E-state index in [4.69, 9.17) is 9.15 Å². The molecular formula is C22H20N4O5. The standard InChI is InChI=1S/C22H20N4O5/c1-25-19-17(21(28)26(2)22(25)29)8-9-18(24-19)20(27)23-15-6-3-5-14(11-15)12-30-13-16-7-4-10-31-16/h3-11H,12-13H2,1-2H3,(H,23,27). The Balaban J connectivity index is 1.51. The molecule has 0 saturated carbocycles. The number of hydrogen-bond donors (Lipinski definition) is 1. The SMILES string of the molecule is Cn1c(=O)c2ccc(C(=O)Nc3cccc(COCc4ccco4)c3)nc2n(C)c1=O.